The minimum atomic E-state index is -0.544. The number of alkyl halides is 1. The van der Waals surface area contributed by atoms with Gasteiger partial charge in [0.25, 0.3) is 0 Å². The topological polar surface area (TPSA) is 12.0 Å². The van der Waals surface area contributed by atoms with Crippen molar-refractivity contribution in [1.82, 2.24) is 5.32 Å². The molecule has 1 rings (SSSR count). The van der Waals surface area contributed by atoms with Gasteiger partial charge in [-0.3, -0.25) is 0 Å². The second-order valence-corrected chi connectivity index (χ2v) is 5.70. The third-order valence-corrected chi connectivity index (χ3v) is 3.44. The second-order valence-electron chi connectivity index (χ2n) is 5.70. The van der Waals surface area contributed by atoms with E-state index in [0.29, 0.717) is 17.5 Å². The summed E-state index contributed by atoms with van der Waals surface area (Å²) < 4.78 is 12.9. The van der Waals surface area contributed by atoms with Gasteiger partial charge in [-0.2, -0.15) is 0 Å². The maximum Gasteiger partial charge on any atom is 0.100 e. The highest BCUT2D eigenvalue weighted by atomic mass is 19.1. The van der Waals surface area contributed by atoms with Crippen molar-refractivity contribution in [1.29, 1.82) is 0 Å². The normalized spacial score (nSPS) is 31.5. The van der Waals surface area contributed by atoms with Gasteiger partial charge in [0.15, 0.2) is 0 Å². The first kappa shape index (κ1) is 12.0. The van der Waals surface area contributed by atoms with Crippen molar-refractivity contribution in [2.24, 2.45) is 5.41 Å². The van der Waals surface area contributed by atoms with Gasteiger partial charge in [0, 0.05) is 12.1 Å². The van der Waals surface area contributed by atoms with Crippen molar-refractivity contribution < 1.29 is 4.39 Å². The Morgan fingerprint density at radius 3 is 2.07 bits per heavy atom. The summed E-state index contributed by atoms with van der Waals surface area (Å²) in [6.07, 6.45) is 2.95. The molecule has 1 aliphatic carbocycles. The lowest BCUT2D eigenvalue weighted by molar-refractivity contribution is 0.188. The van der Waals surface area contributed by atoms with Gasteiger partial charge in [-0.1, -0.05) is 20.8 Å². The van der Waals surface area contributed by atoms with Crippen LogP contribution in [0, 0.1) is 5.41 Å². The van der Waals surface area contributed by atoms with E-state index in [4.69, 9.17) is 0 Å². The monoisotopic (exact) mass is 201 g/mol. The molecule has 0 radical (unpaired) electrons. The predicted octanol–water partition coefficient (Wildman–Crippen LogP) is 3.29. The summed E-state index contributed by atoms with van der Waals surface area (Å²) in [6, 6.07) is 1.04. The molecule has 0 aromatic carbocycles. The molecule has 1 N–H and O–H groups in total. The third-order valence-electron chi connectivity index (χ3n) is 3.44. The van der Waals surface area contributed by atoms with E-state index in [1.807, 2.05) is 0 Å². The Bertz CT molecular complexity index is 166. The fourth-order valence-electron chi connectivity index (χ4n) is 1.82. The Morgan fingerprint density at radius 2 is 1.64 bits per heavy atom. The Morgan fingerprint density at radius 1 is 1.14 bits per heavy atom. The number of hydrogen-bond donors (Lipinski definition) is 1. The van der Waals surface area contributed by atoms with Crippen molar-refractivity contribution in [3.8, 4) is 0 Å². The van der Waals surface area contributed by atoms with Gasteiger partial charge >= 0.3 is 0 Å². The van der Waals surface area contributed by atoms with E-state index in [-0.39, 0.29) is 0 Å². The van der Waals surface area contributed by atoms with E-state index in [9.17, 15) is 4.39 Å². The SMILES string of the molecule is CC(NC1CCC(F)CC1)C(C)(C)C. The summed E-state index contributed by atoms with van der Waals surface area (Å²) in [5.74, 6) is 0. The molecule has 0 aromatic rings. The Labute approximate surface area is 87.5 Å². The summed E-state index contributed by atoms with van der Waals surface area (Å²) in [5.41, 5.74) is 0.298. The number of halogens is 1. The van der Waals surface area contributed by atoms with Crippen LogP contribution in [0.1, 0.15) is 53.4 Å². The van der Waals surface area contributed by atoms with E-state index in [1.54, 1.807) is 0 Å². The lowest BCUT2D eigenvalue weighted by Crippen LogP contribution is -2.45. The zero-order valence-electron chi connectivity index (χ0n) is 9.94. The molecule has 1 atom stereocenters. The van der Waals surface area contributed by atoms with Crippen molar-refractivity contribution in [2.45, 2.75) is 71.6 Å². The molecule has 1 unspecified atom stereocenters. The summed E-state index contributed by atoms with van der Waals surface area (Å²) in [7, 11) is 0. The zero-order valence-corrected chi connectivity index (χ0v) is 9.94. The van der Waals surface area contributed by atoms with Gasteiger partial charge in [-0.25, -0.2) is 4.39 Å². The molecule has 1 saturated carbocycles. The van der Waals surface area contributed by atoms with Crippen LogP contribution in [-0.2, 0) is 0 Å². The van der Waals surface area contributed by atoms with E-state index in [1.165, 1.54) is 0 Å². The van der Waals surface area contributed by atoms with Gasteiger partial charge in [-0.05, 0) is 38.0 Å². The lowest BCUT2D eigenvalue weighted by Gasteiger charge is -2.34. The molecule has 0 aromatic heterocycles. The molecular formula is C12H24FN. The van der Waals surface area contributed by atoms with Crippen LogP contribution >= 0.6 is 0 Å². The van der Waals surface area contributed by atoms with Gasteiger partial charge < -0.3 is 5.32 Å². The first-order valence-corrected chi connectivity index (χ1v) is 5.79. The molecule has 84 valence electrons. The van der Waals surface area contributed by atoms with Gasteiger partial charge in [0.1, 0.15) is 6.17 Å². The van der Waals surface area contributed by atoms with Crippen molar-refractivity contribution in [3.63, 3.8) is 0 Å². The summed E-state index contributed by atoms with van der Waals surface area (Å²) in [5, 5.41) is 3.61. The molecule has 1 fully saturated rings. The molecule has 14 heavy (non-hydrogen) atoms. The number of nitrogens with one attached hydrogen (secondary N) is 1. The summed E-state index contributed by atoms with van der Waals surface area (Å²) in [4.78, 5) is 0. The minimum absolute atomic E-state index is 0.298. The van der Waals surface area contributed by atoms with Crippen LogP contribution in [0.15, 0.2) is 0 Å². The highest BCUT2D eigenvalue weighted by Gasteiger charge is 2.26. The maximum absolute atomic E-state index is 12.9. The predicted molar refractivity (Wildman–Crippen MR) is 59.2 cm³/mol. The summed E-state index contributed by atoms with van der Waals surface area (Å²) >= 11 is 0. The zero-order chi connectivity index (χ0) is 10.8. The first-order chi connectivity index (χ1) is 6.39. The van der Waals surface area contributed by atoms with Gasteiger partial charge in [0.2, 0.25) is 0 Å². The lowest BCUT2D eigenvalue weighted by atomic mass is 9.86. The van der Waals surface area contributed by atoms with Crippen LogP contribution in [0.5, 0.6) is 0 Å². The molecule has 1 aliphatic rings. The molecule has 0 saturated heterocycles. The molecule has 0 heterocycles. The van der Waals surface area contributed by atoms with Crippen molar-refractivity contribution in [2.75, 3.05) is 0 Å². The quantitative estimate of drug-likeness (QED) is 0.723. The molecule has 0 spiro atoms. The highest BCUT2D eigenvalue weighted by molar-refractivity contribution is 4.83. The van der Waals surface area contributed by atoms with Crippen LogP contribution < -0.4 is 5.32 Å². The average Bonchev–Trinajstić information content (AvgIpc) is 2.07. The largest absolute Gasteiger partial charge is 0.311 e. The fourth-order valence-corrected chi connectivity index (χ4v) is 1.82. The second kappa shape index (κ2) is 4.61. The Kier molecular flexibility index (Phi) is 3.94. The van der Waals surface area contributed by atoms with Crippen LogP contribution in [0.25, 0.3) is 0 Å². The Hall–Kier alpha value is -0.110. The minimum Gasteiger partial charge on any atom is -0.311 e. The summed E-state index contributed by atoms with van der Waals surface area (Å²) in [6.45, 7) is 8.95. The molecule has 1 nitrogen and oxygen atoms in total. The van der Waals surface area contributed by atoms with Crippen LogP contribution in [0.3, 0.4) is 0 Å². The first-order valence-electron chi connectivity index (χ1n) is 5.79. The van der Waals surface area contributed by atoms with Crippen molar-refractivity contribution in [3.05, 3.63) is 0 Å². The molecule has 0 amide bonds. The molecular weight excluding hydrogens is 177 g/mol. The fraction of sp³-hybridized carbons (Fsp3) is 1.00. The molecule has 0 aliphatic heterocycles. The maximum atomic E-state index is 12.9. The van der Waals surface area contributed by atoms with Gasteiger partial charge in [-0.15, -0.1) is 0 Å². The van der Waals surface area contributed by atoms with E-state index in [2.05, 4.69) is 33.0 Å². The smallest absolute Gasteiger partial charge is 0.100 e. The van der Waals surface area contributed by atoms with Crippen LogP contribution in [0.4, 0.5) is 4.39 Å². The van der Waals surface area contributed by atoms with E-state index in [0.717, 1.165) is 25.7 Å². The van der Waals surface area contributed by atoms with Crippen LogP contribution in [-0.4, -0.2) is 18.3 Å². The van der Waals surface area contributed by atoms with Gasteiger partial charge in [0.05, 0.1) is 0 Å². The molecule has 0 bridgehead atoms. The molecule has 2 heteroatoms. The Balaban J connectivity index is 2.31. The van der Waals surface area contributed by atoms with E-state index >= 15 is 0 Å². The standard InChI is InChI=1S/C12H24FN/c1-9(12(2,3)4)14-11-7-5-10(13)6-8-11/h9-11,14H,5-8H2,1-4H3. The highest BCUT2D eigenvalue weighted by Crippen LogP contribution is 2.24. The van der Waals surface area contributed by atoms with E-state index < -0.39 is 6.17 Å². The number of hydrogen-bond acceptors (Lipinski definition) is 1. The van der Waals surface area contributed by atoms with Crippen LogP contribution in [0.2, 0.25) is 0 Å². The van der Waals surface area contributed by atoms with Crippen molar-refractivity contribution >= 4 is 0 Å². The average molecular weight is 201 g/mol. The number of rotatable bonds is 2. The third kappa shape index (κ3) is 3.56.